The molecule has 0 atom stereocenters. The number of rotatable bonds is 1. The number of nitrogens with zero attached hydrogens (tertiary/aromatic N) is 5. The van der Waals surface area contributed by atoms with Crippen LogP contribution in [0.1, 0.15) is 0 Å². The van der Waals surface area contributed by atoms with E-state index in [1.807, 2.05) is 0 Å². The van der Waals surface area contributed by atoms with Gasteiger partial charge in [0.1, 0.15) is 11.8 Å². The summed E-state index contributed by atoms with van der Waals surface area (Å²) in [5.74, 6) is -0.588. The van der Waals surface area contributed by atoms with Gasteiger partial charge in [0.15, 0.2) is 5.15 Å². The standard InChI is InChI=1S/C10H7ClFN5/c1-16-3-2-7(14-16)6-4-8(11)15-17-5-13-10(12)9(6)17/h2-5H,1H3. The predicted molar refractivity (Wildman–Crippen MR) is 60.2 cm³/mol. The van der Waals surface area contributed by atoms with Gasteiger partial charge in [-0.3, -0.25) is 4.68 Å². The number of aromatic nitrogens is 5. The van der Waals surface area contributed by atoms with Crippen LogP contribution in [-0.4, -0.2) is 24.4 Å². The van der Waals surface area contributed by atoms with Crippen molar-refractivity contribution >= 4 is 17.1 Å². The highest BCUT2D eigenvalue weighted by Crippen LogP contribution is 2.26. The van der Waals surface area contributed by atoms with Gasteiger partial charge in [-0.15, -0.1) is 0 Å². The number of hydrogen-bond acceptors (Lipinski definition) is 3. The molecule has 3 aromatic heterocycles. The van der Waals surface area contributed by atoms with Crippen molar-refractivity contribution in [3.8, 4) is 11.3 Å². The van der Waals surface area contributed by atoms with Crippen molar-refractivity contribution in [2.45, 2.75) is 0 Å². The molecule has 0 aliphatic heterocycles. The second kappa shape index (κ2) is 3.53. The molecule has 3 heterocycles. The lowest BCUT2D eigenvalue weighted by Gasteiger charge is -2.01. The van der Waals surface area contributed by atoms with E-state index in [4.69, 9.17) is 11.6 Å². The van der Waals surface area contributed by atoms with E-state index < -0.39 is 5.95 Å². The average Bonchev–Trinajstić information content (AvgIpc) is 2.85. The average molecular weight is 252 g/mol. The van der Waals surface area contributed by atoms with E-state index in [2.05, 4.69) is 15.2 Å². The van der Waals surface area contributed by atoms with Crippen molar-refractivity contribution in [3.05, 3.63) is 35.8 Å². The SMILES string of the molecule is Cn1ccc(-c2cc(Cl)nn3cnc(F)c23)n1. The van der Waals surface area contributed by atoms with Crippen molar-refractivity contribution in [2.75, 3.05) is 0 Å². The Morgan fingerprint density at radius 1 is 1.35 bits per heavy atom. The van der Waals surface area contributed by atoms with Crippen LogP contribution in [0, 0.1) is 5.95 Å². The lowest BCUT2D eigenvalue weighted by atomic mass is 10.2. The fourth-order valence-electron chi connectivity index (χ4n) is 1.70. The summed E-state index contributed by atoms with van der Waals surface area (Å²) < 4.78 is 16.5. The molecule has 7 heteroatoms. The van der Waals surface area contributed by atoms with Crippen molar-refractivity contribution in [3.63, 3.8) is 0 Å². The maximum atomic E-state index is 13.6. The number of hydrogen-bond donors (Lipinski definition) is 0. The molecule has 0 saturated heterocycles. The predicted octanol–water partition coefficient (Wildman–Crippen LogP) is 1.92. The molecule has 0 aromatic carbocycles. The van der Waals surface area contributed by atoms with Crippen LogP contribution in [0.5, 0.6) is 0 Å². The fraction of sp³-hybridized carbons (Fsp3) is 0.100. The molecular formula is C10H7ClFN5. The van der Waals surface area contributed by atoms with E-state index >= 15 is 0 Å². The first kappa shape index (κ1) is 10.2. The van der Waals surface area contributed by atoms with Crippen LogP contribution >= 0.6 is 11.6 Å². The Morgan fingerprint density at radius 3 is 2.88 bits per heavy atom. The number of fused-ring (bicyclic) bond motifs is 1. The summed E-state index contributed by atoms with van der Waals surface area (Å²) in [5, 5.41) is 8.41. The molecule has 17 heavy (non-hydrogen) atoms. The molecule has 0 aliphatic carbocycles. The smallest absolute Gasteiger partial charge is 0.241 e. The quantitative estimate of drug-likeness (QED) is 0.664. The zero-order chi connectivity index (χ0) is 12.0. The third kappa shape index (κ3) is 1.57. The summed E-state index contributed by atoms with van der Waals surface area (Å²) in [4.78, 5) is 3.57. The van der Waals surface area contributed by atoms with Crippen LogP contribution in [0.3, 0.4) is 0 Å². The number of imidazole rings is 1. The fourth-order valence-corrected chi connectivity index (χ4v) is 1.89. The topological polar surface area (TPSA) is 48.0 Å². The molecule has 0 fully saturated rings. The molecule has 0 unspecified atom stereocenters. The van der Waals surface area contributed by atoms with Crippen LogP contribution in [-0.2, 0) is 7.05 Å². The van der Waals surface area contributed by atoms with Crippen molar-refractivity contribution < 1.29 is 4.39 Å². The highest BCUT2D eigenvalue weighted by Gasteiger charge is 2.14. The second-order valence-electron chi connectivity index (χ2n) is 3.58. The lowest BCUT2D eigenvalue weighted by molar-refractivity contribution is 0.601. The first-order chi connectivity index (χ1) is 8.15. The highest BCUT2D eigenvalue weighted by atomic mass is 35.5. The normalized spacial score (nSPS) is 11.2. The molecule has 0 spiro atoms. The lowest BCUT2D eigenvalue weighted by Crippen LogP contribution is -1.95. The Bertz CT molecular complexity index is 702. The summed E-state index contributed by atoms with van der Waals surface area (Å²) in [5.41, 5.74) is 1.47. The molecule has 0 bridgehead atoms. The van der Waals surface area contributed by atoms with Gasteiger partial charge in [0, 0.05) is 18.8 Å². The van der Waals surface area contributed by atoms with Gasteiger partial charge < -0.3 is 0 Å². The van der Waals surface area contributed by atoms with E-state index in [0.717, 1.165) is 0 Å². The molecule has 3 aromatic rings. The van der Waals surface area contributed by atoms with Gasteiger partial charge in [0.2, 0.25) is 5.95 Å². The van der Waals surface area contributed by atoms with Crippen LogP contribution in [0.2, 0.25) is 5.15 Å². The molecule has 0 amide bonds. The molecule has 0 N–H and O–H groups in total. The van der Waals surface area contributed by atoms with Crippen LogP contribution in [0.4, 0.5) is 4.39 Å². The Balaban J connectivity index is 2.37. The zero-order valence-corrected chi connectivity index (χ0v) is 9.56. The highest BCUT2D eigenvalue weighted by molar-refractivity contribution is 6.29. The molecule has 0 radical (unpaired) electrons. The summed E-state index contributed by atoms with van der Waals surface area (Å²) in [6.45, 7) is 0. The molecule has 0 aliphatic rings. The maximum absolute atomic E-state index is 13.6. The Hall–Kier alpha value is -1.95. The number of aryl methyl sites for hydroxylation is 1. The summed E-state index contributed by atoms with van der Waals surface area (Å²) >= 11 is 5.87. The Kier molecular flexibility index (Phi) is 2.12. The minimum absolute atomic E-state index is 0.260. The molecule has 86 valence electrons. The van der Waals surface area contributed by atoms with Gasteiger partial charge in [-0.2, -0.15) is 14.6 Å². The largest absolute Gasteiger partial charge is 0.275 e. The Labute approximate surface area is 100 Å². The van der Waals surface area contributed by atoms with Gasteiger partial charge in [0.05, 0.1) is 5.69 Å². The summed E-state index contributed by atoms with van der Waals surface area (Å²) in [6.07, 6.45) is 3.05. The minimum atomic E-state index is -0.588. The van der Waals surface area contributed by atoms with Gasteiger partial charge in [0.25, 0.3) is 0 Å². The molecular weight excluding hydrogens is 245 g/mol. The third-order valence-corrected chi connectivity index (χ3v) is 2.60. The monoisotopic (exact) mass is 251 g/mol. The summed E-state index contributed by atoms with van der Waals surface area (Å²) in [7, 11) is 1.79. The minimum Gasteiger partial charge on any atom is -0.275 e. The maximum Gasteiger partial charge on any atom is 0.241 e. The van der Waals surface area contributed by atoms with Crippen molar-refractivity contribution in [1.82, 2.24) is 24.4 Å². The first-order valence-electron chi connectivity index (χ1n) is 4.84. The van der Waals surface area contributed by atoms with E-state index in [1.54, 1.807) is 30.1 Å². The van der Waals surface area contributed by atoms with Crippen LogP contribution in [0.15, 0.2) is 24.7 Å². The molecule has 0 saturated carbocycles. The van der Waals surface area contributed by atoms with Crippen molar-refractivity contribution in [2.24, 2.45) is 7.05 Å². The second-order valence-corrected chi connectivity index (χ2v) is 3.97. The van der Waals surface area contributed by atoms with E-state index in [9.17, 15) is 4.39 Å². The number of halogens is 2. The third-order valence-electron chi connectivity index (χ3n) is 2.42. The Morgan fingerprint density at radius 2 is 2.18 bits per heavy atom. The van der Waals surface area contributed by atoms with Gasteiger partial charge in [-0.05, 0) is 12.1 Å². The van der Waals surface area contributed by atoms with Crippen molar-refractivity contribution in [1.29, 1.82) is 0 Å². The van der Waals surface area contributed by atoms with Crippen LogP contribution in [0.25, 0.3) is 16.8 Å². The molecule has 3 rings (SSSR count). The first-order valence-corrected chi connectivity index (χ1v) is 5.22. The summed E-state index contributed by atoms with van der Waals surface area (Å²) in [6, 6.07) is 3.35. The van der Waals surface area contributed by atoms with Gasteiger partial charge >= 0.3 is 0 Å². The van der Waals surface area contributed by atoms with Gasteiger partial charge in [-0.25, -0.2) is 9.50 Å². The van der Waals surface area contributed by atoms with Crippen LogP contribution < -0.4 is 0 Å². The van der Waals surface area contributed by atoms with E-state index in [1.165, 1.54) is 10.8 Å². The van der Waals surface area contributed by atoms with E-state index in [0.29, 0.717) is 11.3 Å². The van der Waals surface area contributed by atoms with Gasteiger partial charge in [-0.1, -0.05) is 11.6 Å². The van der Waals surface area contributed by atoms with E-state index in [-0.39, 0.29) is 10.7 Å². The molecule has 5 nitrogen and oxygen atoms in total. The zero-order valence-electron chi connectivity index (χ0n) is 8.80.